The summed E-state index contributed by atoms with van der Waals surface area (Å²) in [7, 11) is 0. The normalized spacial score (nSPS) is 18.1. The van der Waals surface area contributed by atoms with E-state index in [1.807, 2.05) is 0 Å². The molecule has 1 aliphatic rings. The van der Waals surface area contributed by atoms with Crippen molar-refractivity contribution in [1.82, 2.24) is 0 Å². The SMILES string of the molecule is CC1(C)CCc2cccc(CCN)c2O1. The molecule has 0 saturated heterocycles. The van der Waals surface area contributed by atoms with Gasteiger partial charge in [-0.05, 0) is 50.8 Å². The molecule has 0 aliphatic carbocycles. The summed E-state index contributed by atoms with van der Waals surface area (Å²) in [5, 5.41) is 0. The topological polar surface area (TPSA) is 35.2 Å². The summed E-state index contributed by atoms with van der Waals surface area (Å²) in [5.74, 6) is 1.08. The molecule has 0 radical (unpaired) electrons. The van der Waals surface area contributed by atoms with Crippen molar-refractivity contribution in [2.75, 3.05) is 6.54 Å². The number of rotatable bonds is 2. The molecule has 1 aromatic carbocycles. The highest BCUT2D eigenvalue weighted by molar-refractivity contribution is 5.43. The average molecular weight is 205 g/mol. The quantitative estimate of drug-likeness (QED) is 0.804. The Labute approximate surface area is 91.4 Å². The summed E-state index contributed by atoms with van der Waals surface area (Å²) in [6.07, 6.45) is 3.10. The number of benzene rings is 1. The number of hydrogen-bond acceptors (Lipinski definition) is 2. The second kappa shape index (κ2) is 3.86. The van der Waals surface area contributed by atoms with Crippen LogP contribution in [0.1, 0.15) is 31.4 Å². The molecule has 1 aliphatic heterocycles. The van der Waals surface area contributed by atoms with E-state index < -0.39 is 0 Å². The number of hydrogen-bond donors (Lipinski definition) is 1. The maximum Gasteiger partial charge on any atom is 0.126 e. The molecule has 0 unspecified atom stereocenters. The van der Waals surface area contributed by atoms with Crippen LogP contribution in [0.2, 0.25) is 0 Å². The second-order valence-corrected chi connectivity index (χ2v) is 4.81. The minimum Gasteiger partial charge on any atom is -0.487 e. The fourth-order valence-corrected chi connectivity index (χ4v) is 2.08. The van der Waals surface area contributed by atoms with E-state index in [0.717, 1.165) is 25.0 Å². The molecule has 0 bridgehead atoms. The van der Waals surface area contributed by atoms with Crippen molar-refractivity contribution in [2.24, 2.45) is 5.73 Å². The highest BCUT2D eigenvalue weighted by atomic mass is 16.5. The molecule has 2 nitrogen and oxygen atoms in total. The first-order valence-corrected chi connectivity index (χ1v) is 5.62. The summed E-state index contributed by atoms with van der Waals surface area (Å²) in [6.45, 7) is 4.98. The minimum atomic E-state index is -0.0301. The van der Waals surface area contributed by atoms with Crippen LogP contribution in [0, 0.1) is 0 Å². The zero-order chi connectivity index (χ0) is 10.9. The zero-order valence-electron chi connectivity index (χ0n) is 9.55. The minimum absolute atomic E-state index is 0.0301. The van der Waals surface area contributed by atoms with Gasteiger partial charge in [0.05, 0.1) is 0 Å². The fraction of sp³-hybridized carbons (Fsp3) is 0.538. The van der Waals surface area contributed by atoms with E-state index in [1.54, 1.807) is 0 Å². The third-order valence-electron chi connectivity index (χ3n) is 2.97. The summed E-state index contributed by atoms with van der Waals surface area (Å²) in [6, 6.07) is 6.38. The van der Waals surface area contributed by atoms with Crippen molar-refractivity contribution >= 4 is 0 Å². The predicted molar refractivity (Wildman–Crippen MR) is 62.2 cm³/mol. The van der Waals surface area contributed by atoms with Crippen molar-refractivity contribution in [2.45, 2.75) is 38.7 Å². The molecule has 1 aromatic rings. The van der Waals surface area contributed by atoms with Gasteiger partial charge in [0, 0.05) is 0 Å². The van der Waals surface area contributed by atoms with Gasteiger partial charge in [-0.3, -0.25) is 0 Å². The Balaban J connectivity index is 2.36. The summed E-state index contributed by atoms with van der Waals surface area (Å²) < 4.78 is 6.05. The van der Waals surface area contributed by atoms with Gasteiger partial charge < -0.3 is 10.5 Å². The molecule has 15 heavy (non-hydrogen) atoms. The molecule has 0 saturated carbocycles. The van der Waals surface area contributed by atoms with Crippen LogP contribution in [0.25, 0.3) is 0 Å². The first-order valence-electron chi connectivity index (χ1n) is 5.62. The van der Waals surface area contributed by atoms with Crippen LogP contribution in [0.5, 0.6) is 5.75 Å². The second-order valence-electron chi connectivity index (χ2n) is 4.81. The predicted octanol–water partition coefficient (Wildman–Crippen LogP) is 2.29. The van der Waals surface area contributed by atoms with Crippen molar-refractivity contribution < 1.29 is 4.74 Å². The van der Waals surface area contributed by atoms with Crippen LogP contribution in [-0.4, -0.2) is 12.1 Å². The molecular weight excluding hydrogens is 186 g/mol. The van der Waals surface area contributed by atoms with Crippen molar-refractivity contribution in [3.05, 3.63) is 29.3 Å². The molecule has 2 rings (SSSR count). The smallest absolute Gasteiger partial charge is 0.126 e. The number of nitrogens with two attached hydrogens (primary N) is 1. The average Bonchev–Trinajstić information content (AvgIpc) is 2.18. The molecule has 1 heterocycles. The molecule has 0 atom stereocenters. The van der Waals surface area contributed by atoms with E-state index >= 15 is 0 Å². The summed E-state index contributed by atoms with van der Waals surface area (Å²) >= 11 is 0. The Bertz CT molecular complexity index is 358. The maximum absolute atomic E-state index is 6.05. The zero-order valence-corrected chi connectivity index (χ0v) is 9.55. The van der Waals surface area contributed by atoms with E-state index in [1.165, 1.54) is 11.1 Å². The highest BCUT2D eigenvalue weighted by Crippen LogP contribution is 2.35. The summed E-state index contributed by atoms with van der Waals surface area (Å²) in [5.41, 5.74) is 8.16. The Hall–Kier alpha value is -1.02. The van der Waals surface area contributed by atoms with Crippen LogP contribution in [0.15, 0.2) is 18.2 Å². The van der Waals surface area contributed by atoms with E-state index in [4.69, 9.17) is 10.5 Å². The van der Waals surface area contributed by atoms with Gasteiger partial charge in [-0.1, -0.05) is 18.2 Å². The molecular formula is C13H19NO. The first kappa shape index (κ1) is 10.5. The van der Waals surface area contributed by atoms with Crippen molar-refractivity contribution in [1.29, 1.82) is 0 Å². The van der Waals surface area contributed by atoms with Crippen LogP contribution >= 0.6 is 0 Å². The Kier molecular flexibility index (Phi) is 2.70. The van der Waals surface area contributed by atoms with Gasteiger partial charge in [-0.2, -0.15) is 0 Å². The van der Waals surface area contributed by atoms with Gasteiger partial charge in [0.1, 0.15) is 11.4 Å². The van der Waals surface area contributed by atoms with Crippen LogP contribution in [0.3, 0.4) is 0 Å². The van der Waals surface area contributed by atoms with Crippen molar-refractivity contribution in [3.8, 4) is 5.75 Å². The lowest BCUT2D eigenvalue weighted by Gasteiger charge is -2.33. The van der Waals surface area contributed by atoms with Crippen LogP contribution in [0.4, 0.5) is 0 Å². The van der Waals surface area contributed by atoms with Crippen LogP contribution < -0.4 is 10.5 Å². The summed E-state index contributed by atoms with van der Waals surface area (Å²) in [4.78, 5) is 0. The number of ether oxygens (including phenoxy) is 1. The van der Waals surface area contributed by atoms with E-state index in [-0.39, 0.29) is 5.60 Å². The van der Waals surface area contributed by atoms with Crippen molar-refractivity contribution in [3.63, 3.8) is 0 Å². The molecule has 0 aromatic heterocycles. The molecule has 0 fully saturated rings. The van der Waals surface area contributed by atoms with E-state index in [9.17, 15) is 0 Å². The molecule has 82 valence electrons. The number of fused-ring (bicyclic) bond motifs is 1. The van der Waals surface area contributed by atoms with Gasteiger partial charge in [0.15, 0.2) is 0 Å². The lowest BCUT2D eigenvalue weighted by molar-refractivity contribution is 0.0833. The first-order chi connectivity index (χ1) is 7.12. The lowest BCUT2D eigenvalue weighted by Crippen LogP contribution is -2.33. The molecule has 2 N–H and O–H groups in total. The monoisotopic (exact) mass is 205 g/mol. The van der Waals surface area contributed by atoms with E-state index in [2.05, 4.69) is 32.0 Å². The van der Waals surface area contributed by atoms with Gasteiger partial charge in [-0.15, -0.1) is 0 Å². The Morgan fingerprint density at radius 1 is 1.40 bits per heavy atom. The molecule has 0 spiro atoms. The number of para-hydroxylation sites is 1. The third kappa shape index (κ3) is 2.15. The molecule has 2 heteroatoms. The van der Waals surface area contributed by atoms with Gasteiger partial charge in [0.2, 0.25) is 0 Å². The highest BCUT2D eigenvalue weighted by Gasteiger charge is 2.27. The van der Waals surface area contributed by atoms with Gasteiger partial charge in [-0.25, -0.2) is 0 Å². The molecule has 0 amide bonds. The van der Waals surface area contributed by atoms with Gasteiger partial charge in [0.25, 0.3) is 0 Å². The Morgan fingerprint density at radius 2 is 2.20 bits per heavy atom. The fourth-order valence-electron chi connectivity index (χ4n) is 2.08. The van der Waals surface area contributed by atoms with E-state index in [0.29, 0.717) is 6.54 Å². The Morgan fingerprint density at radius 3 is 2.93 bits per heavy atom. The third-order valence-corrected chi connectivity index (χ3v) is 2.97. The maximum atomic E-state index is 6.05. The largest absolute Gasteiger partial charge is 0.487 e. The van der Waals surface area contributed by atoms with Crippen LogP contribution in [-0.2, 0) is 12.8 Å². The number of aryl methyl sites for hydroxylation is 1. The lowest BCUT2D eigenvalue weighted by atomic mass is 9.92. The van der Waals surface area contributed by atoms with Gasteiger partial charge >= 0.3 is 0 Å². The standard InChI is InChI=1S/C13H19NO/c1-13(2)8-6-10-4-3-5-11(7-9-14)12(10)15-13/h3-5H,6-9,14H2,1-2H3.